The second-order valence-corrected chi connectivity index (χ2v) is 1.46. The number of hydrogen-bond acceptors (Lipinski definition) is 7. The maximum atomic E-state index is 9.81. The van der Waals surface area contributed by atoms with Crippen molar-refractivity contribution in [2.75, 3.05) is 0 Å². The van der Waals surface area contributed by atoms with E-state index < -0.39 is 23.7 Å². The van der Waals surface area contributed by atoms with Crippen molar-refractivity contribution >= 4 is 23.7 Å². The zero-order valence-corrected chi connectivity index (χ0v) is 8.08. The third-order valence-electron chi connectivity index (χ3n) is 0.303. The summed E-state index contributed by atoms with van der Waals surface area (Å²) in [5.74, 6) is 0. The second-order valence-electron chi connectivity index (χ2n) is 0.890. The Morgan fingerprint density at radius 3 is 2.09 bits per heavy atom. The van der Waals surface area contributed by atoms with Gasteiger partial charge in [0.05, 0.1) is 0 Å². The molecule has 0 heterocycles. The first-order chi connectivity index (χ1) is 4.52. The van der Waals surface area contributed by atoms with Crippen LogP contribution in [-0.2, 0) is 20.3 Å². The summed E-state index contributed by atoms with van der Waals surface area (Å²) in [6.45, 7) is 0. The van der Waals surface area contributed by atoms with Crippen LogP contribution in [0, 0.1) is 0 Å². The van der Waals surface area contributed by atoms with Gasteiger partial charge in [-0.15, -0.1) is 0 Å². The Balaban J connectivity index is 0. The molecule has 0 radical (unpaired) electrons. The average molecular weight is 191 g/mol. The van der Waals surface area contributed by atoms with Crippen LogP contribution in [0.25, 0.3) is 0 Å². The molecule has 11 heavy (non-hydrogen) atoms. The molecule has 0 saturated heterocycles. The van der Waals surface area contributed by atoms with Gasteiger partial charge in [-0.05, 0) is 0 Å². The zero-order chi connectivity index (χ0) is 8.15. The van der Waals surface area contributed by atoms with Crippen molar-refractivity contribution in [1.82, 2.24) is 0 Å². The molecule has 1 atom stereocenters. The van der Waals surface area contributed by atoms with Crippen LogP contribution in [0.5, 0.6) is 0 Å². The van der Waals surface area contributed by atoms with E-state index in [9.17, 15) is 23.5 Å². The van der Waals surface area contributed by atoms with Crippen LogP contribution in [0.15, 0.2) is 0 Å². The molecule has 0 aliphatic carbocycles. The van der Waals surface area contributed by atoms with E-state index >= 15 is 0 Å². The van der Waals surface area contributed by atoms with E-state index in [0.29, 0.717) is 0 Å². The minimum absolute atomic E-state index is 0. The van der Waals surface area contributed by atoms with Crippen molar-refractivity contribution in [2.24, 2.45) is 0 Å². The molecular formula is C2NaO7S-. The number of carboxylic acid groups (broad SMARTS) is 1. The molecule has 0 aromatic rings. The number of ether oxygens (including phenoxy) is 1. The third-order valence-corrected chi connectivity index (χ3v) is 0.575. The molecule has 0 spiro atoms. The maximum Gasteiger partial charge on any atom is 1.00 e. The van der Waals surface area contributed by atoms with E-state index in [-0.39, 0.29) is 29.6 Å². The fourth-order valence-corrected chi connectivity index (χ4v) is 0.286. The average Bonchev–Trinajstić information content (AvgIpc) is 1.58. The van der Waals surface area contributed by atoms with E-state index in [1.807, 2.05) is 0 Å². The van der Waals surface area contributed by atoms with Gasteiger partial charge in [-0.1, -0.05) is 0 Å². The molecule has 0 amide bonds. The van der Waals surface area contributed by atoms with Crippen molar-refractivity contribution in [3.05, 3.63) is 0 Å². The summed E-state index contributed by atoms with van der Waals surface area (Å²) in [4.78, 5) is 19.2. The van der Waals surface area contributed by atoms with Crippen molar-refractivity contribution in [3.8, 4) is 0 Å². The Hall–Kier alpha value is -0.150. The molecule has 1 unspecified atom stereocenters. The van der Waals surface area contributed by atoms with Crippen LogP contribution in [0.2, 0.25) is 0 Å². The van der Waals surface area contributed by atoms with Gasteiger partial charge in [-0.3, -0.25) is 0 Å². The largest absolute Gasteiger partial charge is 1.00 e. The fourth-order valence-electron chi connectivity index (χ4n) is 0.141. The van der Waals surface area contributed by atoms with Crippen LogP contribution in [-0.4, -0.2) is 21.1 Å². The fraction of sp³-hybridized carbons (Fsp3) is 0. The Morgan fingerprint density at radius 1 is 1.36 bits per heavy atom. The molecule has 0 rings (SSSR count). The van der Waals surface area contributed by atoms with E-state index in [0.717, 1.165) is 0 Å². The van der Waals surface area contributed by atoms with Gasteiger partial charge in [-0.25, -0.2) is 9.00 Å². The van der Waals surface area contributed by atoms with E-state index in [1.54, 1.807) is 0 Å². The van der Waals surface area contributed by atoms with Gasteiger partial charge >= 0.3 is 35.7 Å². The molecule has 58 valence electrons. The topological polar surface area (TPSA) is 116 Å². The first kappa shape index (κ1) is 13.4. The SMILES string of the molecule is O=C([O-])OC(=O)OS(=O)[O-].[Na+]. The molecule has 7 nitrogen and oxygen atoms in total. The number of carbonyl (C=O) groups excluding carboxylic acids is 2. The standard InChI is InChI=1S/C2H2O7S.Na/c3-1(4)8-2(5)9-10(6)7;/h(H,3,4)(H,6,7);/q;+1/p-2. The summed E-state index contributed by atoms with van der Waals surface area (Å²) in [6, 6.07) is 0. The van der Waals surface area contributed by atoms with Crippen LogP contribution >= 0.6 is 0 Å². The quantitative estimate of drug-likeness (QED) is 0.177. The molecule has 0 aliphatic heterocycles. The van der Waals surface area contributed by atoms with Crippen molar-refractivity contribution < 1.29 is 61.9 Å². The third kappa shape index (κ3) is 9.85. The van der Waals surface area contributed by atoms with E-state index in [1.165, 1.54) is 0 Å². The summed E-state index contributed by atoms with van der Waals surface area (Å²) in [7, 11) is 0. The molecule has 0 aromatic carbocycles. The predicted molar refractivity (Wildman–Crippen MR) is 21.9 cm³/mol. The Kier molecular flexibility index (Phi) is 8.01. The summed E-state index contributed by atoms with van der Waals surface area (Å²) < 4.78 is 25.2. The first-order valence-electron chi connectivity index (χ1n) is 1.72. The molecule has 0 aromatic heterocycles. The van der Waals surface area contributed by atoms with Crippen molar-refractivity contribution in [3.63, 3.8) is 0 Å². The van der Waals surface area contributed by atoms with Crippen molar-refractivity contribution in [1.29, 1.82) is 0 Å². The minimum Gasteiger partial charge on any atom is -0.740 e. The van der Waals surface area contributed by atoms with E-state index in [4.69, 9.17) is 0 Å². The van der Waals surface area contributed by atoms with Crippen LogP contribution < -0.4 is 34.7 Å². The number of carbonyl (C=O) groups is 2. The maximum absolute atomic E-state index is 9.81. The smallest absolute Gasteiger partial charge is 0.740 e. The molecule has 0 fully saturated rings. The summed E-state index contributed by atoms with van der Waals surface area (Å²) in [6.07, 6.45) is -4.05. The minimum atomic E-state index is -3.13. The van der Waals surface area contributed by atoms with Crippen LogP contribution in [0.4, 0.5) is 9.59 Å². The van der Waals surface area contributed by atoms with Gasteiger partial charge in [-0.2, -0.15) is 0 Å². The van der Waals surface area contributed by atoms with Crippen molar-refractivity contribution in [2.45, 2.75) is 0 Å². The molecule has 0 saturated carbocycles. The van der Waals surface area contributed by atoms with Gasteiger partial charge in [0.15, 0.2) is 0 Å². The molecular weight excluding hydrogens is 191 g/mol. The zero-order valence-electron chi connectivity index (χ0n) is 5.27. The van der Waals surface area contributed by atoms with Gasteiger partial charge in [0, 0.05) is 0 Å². The summed E-state index contributed by atoms with van der Waals surface area (Å²) in [5.41, 5.74) is 0. The number of hydrogen-bond donors (Lipinski definition) is 0. The van der Waals surface area contributed by atoms with Crippen LogP contribution in [0.1, 0.15) is 0 Å². The summed E-state index contributed by atoms with van der Waals surface area (Å²) >= 11 is -3.13. The predicted octanol–water partition coefficient (Wildman–Crippen LogP) is -4.72. The molecule has 0 aliphatic rings. The molecule has 0 bridgehead atoms. The Morgan fingerprint density at radius 2 is 1.82 bits per heavy atom. The normalized spacial score (nSPS) is 10.6. The second kappa shape index (κ2) is 6.55. The summed E-state index contributed by atoms with van der Waals surface area (Å²) in [5, 5.41) is 9.36. The van der Waals surface area contributed by atoms with Gasteiger partial charge in [0.2, 0.25) is 0 Å². The Bertz CT molecular complexity index is 159. The van der Waals surface area contributed by atoms with Crippen LogP contribution in [0.3, 0.4) is 0 Å². The van der Waals surface area contributed by atoms with Gasteiger partial charge in [0.1, 0.15) is 11.4 Å². The van der Waals surface area contributed by atoms with E-state index in [2.05, 4.69) is 8.92 Å². The molecule has 9 heteroatoms. The van der Waals surface area contributed by atoms with Gasteiger partial charge in [0.25, 0.3) is 6.16 Å². The monoisotopic (exact) mass is 191 g/mol. The van der Waals surface area contributed by atoms with Gasteiger partial charge < -0.3 is 23.4 Å². The number of rotatable bonds is 1. The first-order valence-corrected chi connectivity index (χ1v) is 2.72. The molecule has 0 N–H and O–H groups in total. The Labute approximate surface area is 85.4 Å².